The lowest BCUT2D eigenvalue weighted by Crippen LogP contribution is -2.50. The van der Waals surface area contributed by atoms with Crippen LogP contribution in [0.5, 0.6) is 5.75 Å². The minimum Gasteiger partial charge on any atom is -0.497 e. The Kier molecular flexibility index (Phi) is 7.07. The lowest BCUT2D eigenvalue weighted by atomic mass is 9.78. The maximum Gasteiger partial charge on any atom is 0.255 e. The maximum atomic E-state index is 13.9. The normalized spacial score (nSPS) is 23.0. The molecule has 1 aliphatic carbocycles. The summed E-state index contributed by atoms with van der Waals surface area (Å²) in [6.45, 7) is 4.19. The van der Waals surface area contributed by atoms with Crippen molar-refractivity contribution in [2.24, 2.45) is 5.92 Å². The van der Waals surface area contributed by atoms with Crippen molar-refractivity contribution < 1.29 is 14.3 Å². The zero-order chi connectivity index (χ0) is 24.4. The molecule has 1 aromatic heterocycles. The van der Waals surface area contributed by atoms with Crippen molar-refractivity contribution in [3.63, 3.8) is 0 Å². The summed E-state index contributed by atoms with van der Waals surface area (Å²) in [6, 6.07) is 11.7. The van der Waals surface area contributed by atoms with Gasteiger partial charge in [-0.15, -0.1) is 0 Å². The number of carbonyl (C=O) groups excluding carboxylic acids is 2. The van der Waals surface area contributed by atoms with Gasteiger partial charge in [-0.05, 0) is 81.7 Å². The molecule has 2 saturated heterocycles. The van der Waals surface area contributed by atoms with E-state index in [1.54, 1.807) is 13.2 Å². The Bertz CT molecular complexity index is 1070. The highest BCUT2D eigenvalue weighted by Gasteiger charge is 2.37. The van der Waals surface area contributed by atoms with Crippen molar-refractivity contribution in [1.82, 2.24) is 14.8 Å². The van der Waals surface area contributed by atoms with E-state index in [4.69, 9.17) is 9.72 Å². The zero-order valence-electron chi connectivity index (χ0n) is 21.0. The van der Waals surface area contributed by atoms with Gasteiger partial charge < -0.3 is 14.5 Å². The molecule has 35 heavy (non-hydrogen) atoms. The Labute approximate surface area is 208 Å². The fraction of sp³-hybridized carbons (Fsp3) is 0.552. The number of benzene rings is 1. The van der Waals surface area contributed by atoms with E-state index in [9.17, 15) is 9.59 Å². The van der Waals surface area contributed by atoms with Gasteiger partial charge in [-0.3, -0.25) is 14.6 Å². The predicted molar refractivity (Wildman–Crippen MR) is 136 cm³/mol. The Morgan fingerprint density at radius 1 is 0.914 bits per heavy atom. The van der Waals surface area contributed by atoms with E-state index in [-0.39, 0.29) is 17.7 Å². The fourth-order valence-electron chi connectivity index (χ4n) is 6.40. The maximum absolute atomic E-state index is 13.9. The van der Waals surface area contributed by atoms with Crippen molar-refractivity contribution in [2.75, 3.05) is 26.7 Å². The Balaban J connectivity index is 1.31. The largest absolute Gasteiger partial charge is 0.497 e. The van der Waals surface area contributed by atoms with Crippen LogP contribution in [0.4, 0.5) is 0 Å². The SMILES string of the molecule is COc1cccc(C(=O)N2CCC(c3nc(C)ccc3C(=O)N3CCCC4CCCCC43)CC2)c1. The van der Waals surface area contributed by atoms with Crippen LogP contribution in [0.3, 0.4) is 0 Å². The molecule has 3 fully saturated rings. The molecule has 0 radical (unpaired) electrons. The minimum absolute atomic E-state index is 0.0347. The average molecular weight is 476 g/mol. The summed E-state index contributed by atoms with van der Waals surface area (Å²) >= 11 is 0. The highest BCUT2D eigenvalue weighted by molar-refractivity contribution is 5.96. The molecule has 2 aromatic rings. The summed E-state index contributed by atoms with van der Waals surface area (Å²) in [5.41, 5.74) is 3.31. The molecule has 5 rings (SSSR count). The number of hydrogen-bond donors (Lipinski definition) is 0. The third-order valence-electron chi connectivity index (χ3n) is 8.28. The summed E-state index contributed by atoms with van der Waals surface area (Å²) in [4.78, 5) is 35.9. The van der Waals surface area contributed by atoms with Crippen LogP contribution in [0.2, 0.25) is 0 Å². The van der Waals surface area contributed by atoms with Crippen molar-refractivity contribution in [2.45, 2.75) is 70.3 Å². The van der Waals surface area contributed by atoms with Crippen LogP contribution in [0.15, 0.2) is 36.4 Å². The van der Waals surface area contributed by atoms with E-state index < -0.39 is 0 Å². The fourth-order valence-corrected chi connectivity index (χ4v) is 6.40. The van der Waals surface area contributed by atoms with E-state index in [1.807, 2.05) is 42.2 Å². The molecule has 2 aliphatic heterocycles. The van der Waals surface area contributed by atoms with Crippen molar-refractivity contribution >= 4 is 11.8 Å². The van der Waals surface area contributed by atoms with E-state index in [0.717, 1.165) is 49.2 Å². The van der Waals surface area contributed by atoms with Gasteiger partial charge in [0.1, 0.15) is 5.75 Å². The number of carbonyl (C=O) groups is 2. The van der Waals surface area contributed by atoms with Crippen molar-refractivity contribution in [1.29, 1.82) is 0 Å². The molecule has 0 N–H and O–H groups in total. The Morgan fingerprint density at radius 2 is 1.69 bits per heavy atom. The molecule has 2 amide bonds. The quantitative estimate of drug-likeness (QED) is 0.609. The highest BCUT2D eigenvalue weighted by Crippen LogP contribution is 2.37. The molecular formula is C29H37N3O3. The Morgan fingerprint density at radius 3 is 2.49 bits per heavy atom. The van der Waals surface area contributed by atoms with Crippen LogP contribution in [0.25, 0.3) is 0 Å². The third kappa shape index (κ3) is 4.93. The highest BCUT2D eigenvalue weighted by atomic mass is 16.5. The standard InChI is InChI=1S/C29H37N3O3/c1-20-12-13-25(29(34)32-16-6-9-21-7-3-4-11-26(21)32)27(30-20)22-14-17-31(18-15-22)28(33)23-8-5-10-24(19-23)35-2/h5,8,10,12-13,19,21-22,26H,3-4,6-7,9,11,14-18H2,1-2H3. The van der Waals surface area contributed by atoms with Gasteiger partial charge in [-0.1, -0.05) is 18.9 Å². The van der Waals surface area contributed by atoms with Gasteiger partial charge in [0, 0.05) is 42.9 Å². The van der Waals surface area contributed by atoms with Crippen LogP contribution in [0, 0.1) is 12.8 Å². The lowest BCUT2D eigenvalue weighted by Gasteiger charge is -2.44. The summed E-state index contributed by atoms with van der Waals surface area (Å²) in [6.07, 6.45) is 8.91. The number of nitrogens with zero attached hydrogens (tertiary/aromatic N) is 3. The van der Waals surface area contributed by atoms with Crippen LogP contribution in [0.1, 0.15) is 89.4 Å². The molecule has 0 spiro atoms. The van der Waals surface area contributed by atoms with Gasteiger partial charge in [0.2, 0.25) is 0 Å². The number of piperidine rings is 2. The number of pyridine rings is 1. The van der Waals surface area contributed by atoms with Crippen LogP contribution >= 0.6 is 0 Å². The number of fused-ring (bicyclic) bond motifs is 1. The van der Waals surface area contributed by atoms with Gasteiger partial charge in [0.15, 0.2) is 0 Å². The number of rotatable bonds is 4. The first-order chi connectivity index (χ1) is 17.0. The first kappa shape index (κ1) is 23.8. The second-order valence-electron chi connectivity index (χ2n) is 10.4. The second-order valence-corrected chi connectivity index (χ2v) is 10.4. The number of methoxy groups -OCH3 is 1. The predicted octanol–water partition coefficient (Wildman–Crippen LogP) is 5.21. The molecule has 1 saturated carbocycles. The summed E-state index contributed by atoms with van der Waals surface area (Å²) in [5.74, 6) is 1.74. The lowest BCUT2D eigenvalue weighted by molar-refractivity contribution is 0.0387. The van der Waals surface area contributed by atoms with E-state index in [1.165, 1.54) is 25.7 Å². The van der Waals surface area contributed by atoms with Crippen LogP contribution in [-0.4, -0.2) is 59.4 Å². The van der Waals surface area contributed by atoms with Crippen LogP contribution in [-0.2, 0) is 0 Å². The smallest absolute Gasteiger partial charge is 0.255 e. The molecule has 3 heterocycles. The van der Waals surface area contributed by atoms with Crippen LogP contribution < -0.4 is 4.74 Å². The molecule has 1 aromatic carbocycles. The number of amides is 2. The molecule has 186 valence electrons. The van der Waals surface area contributed by atoms with Gasteiger partial charge in [0.25, 0.3) is 11.8 Å². The number of likely N-dealkylation sites (tertiary alicyclic amines) is 2. The van der Waals surface area contributed by atoms with E-state index >= 15 is 0 Å². The average Bonchev–Trinajstić information content (AvgIpc) is 2.92. The number of aryl methyl sites for hydroxylation is 1. The van der Waals surface area contributed by atoms with Crippen molar-refractivity contribution in [3.8, 4) is 5.75 Å². The molecular weight excluding hydrogens is 438 g/mol. The zero-order valence-corrected chi connectivity index (χ0v) is 21.0. The first-order valence-electron chi connectivity index (χ1n) is 13.3. The second kappa shape index (κ2) is 10.4. The van der Waals surface area contributed by atoms with E-state index in [2.05, 4.69) is 4.90 Å². The minimum atomic E-state index is 0.0347. The van der Waals surface area contributed by atoms with Gasteiger partial charge >= 0.3 is 0 Å². The van der Waals surface area contributed by atoms with Gasteiger partial charge in [0.05, 0.1) is 18.4 Å². The summed E-state index contributed by atoms with van der Waals surface area (Å²) in [5, 5.41) is 0. The van der Waals surface area contributed by atoms with Gasteiger partial charge in [-0.2, -0.15) is 0 Å². The Hall–Kier alpha value is -2.89. The number of aromatic nitrogens is 1. The molecule has 0 bridgehead atoms. The van der Waals surface area contributed by atoms with E-state index in [0.29, 0.717) is 36.4 Å². The van der Waals surface area contributed by atoms with Crippen molar-refractivity contribution in [3.05, 3.63) is 58.9 Å². The topological polar surface area (TPSA) is 62.7 Å². The molecule has 3 aliphatic rings. The molecule has 2 unspecified atom stereocenters. The number of hydrogen-bond acceptors (Lipinski definition) is 4. The monoisotopic (exact) mass is 475 g/mol. The summed E-state index contributed by atoms with van der Waals surface area (Å²) in [7, 11) is 1.61. The summed E-state index contributed by atoms with van der Waals surface area (Å²) < 4.78 is 5.28. The molecule has 2 atom stereocenters. The van der Waals surface area contributed by atoms with Gasteiger partial charge in [-0.25, -0.2) is 0 Å². The first-order valence-corrected chi connectivity index (χ1v) is 13.3. The third-order valence-corrected chi connectivity index (χ3v) is 8.28. The molecule has 6 nitrogen and oxygen atoms in total. The molecule has 6 heteroatoms. The number of ether oxygens (including phenoxy) is 1.